The summed E-state index contributed by atoms with van der Waals surface area (Å²) >= 11 is 0. The number of rotatable bonds is 4. The molecule has 6 heteroatoms. The summed E-state index contributed by atoms with van der Waals surface area (Å²) in [7, 11) is 1.64. The molecule has 0 saturated carbocycles. The number of methoxy groups -OCH3 is 1. The fourth-order valence-corrected chi connectivity index (χ4v) is 2.37. The van der Waals surface area contributed by atoms with Gasteiger partial charge < -0.3 is 14.0 Å². The Bertz CT molecular complexity index is 599. The smallest absolute Gasteiger partial charge is 0.241 e. The normalized spacial score (nSPS) is 19.6. The van der Waals surface area contributed by atoms with E-state index in [1.165, 1.54) is 0 Å². The monoisotopic (exact) mass is 289 g/mol. The second-order valence-electron chi connectivity index (χ2n) is 5.14. The van der Waals surface area contributed by atoms with Crippen LogP contribution in [0.5, 0.6) is 5.75 Å². The maximum atomic E-state index is 5.43. The van der Waals surface area contributed by atoms with Gasteiger partial charge in [-0.05, 0) is 19.1 Å². The van der Waals surface area contributed by atoms with E-state index in [4.69, 9.17) is 14.0 Å². The molecule has 0 N–H and O–H groups in total. The van der Waals surface area contributed by atoms with Crippen molar-refractivity contribution in [1.29, 1.82) is 0 Å². The molecular formula is C15H19N3O3. The Hall–Kier alpha value is -1.92. The first kappa shape index (κ1) is 14.0. The summed E-state index contributed by atoms with van der Waals surface area (Å²) in [4.78, 5) is 6.75. The molecule has 0 amide bonds. The summed E-state index contributed by atoms with van der Waals surface area (Å²) in [6.45, 7) is 5.18. The average molecular weight is 289 g/mol. The van der Waals surface area contributed by atoms with Crippen LogP contribution in [0.25, 0.3) is 11.4 Å². The van der Waals surface area contributed by atoms with E-state index in [1.807, 2.05) is 24.3 Å². The molecule has 1 fully saturated rings. The zero-order valence-electron chi connectivity index (χ0n) is 12.3. The number of ether oxygens (including phenoxy) is 2. The molecule has 1 aliphatic heterocycles. The van der Waals surface area contributed by atoms with Crippen LogP contribution < -0.4 is 4.74 Å². The van der Waals surface area contributed by atoms with Crippen molar-refractivity contribution in [1.82, 2.24) is 15.0 Å². The predicted molar refractivity (Wildman–Crippen MR) is 77.0 cm³/mol. The summed E-state index contributed by atoms with van der Waals surface area (Å²) < 4.78 is 16.0. The van der Waals surface area contributed by atoms with Crippen LogP contribution in [-0.4, -0.2) is 48.0 Å². The molecule has 1 atom stereocenters. The number of benzene rings is 1. The van der Waals surface area contributed by atoms with E-state index >= 15 is 0 Å². The van der Waals surface area contributed by atoms with Crippen LogP contribution in [-0.2, 0) is 11.3 Å². The zero-order valence-corrected chi connectivity index (χ0v) is 12.3. The SMILES string of the molecule is COc1cccc(-c2noc(CN3CCOCC3C)n2)c1. The number of hydrogen-bond acceptors (Lipinski definition) is 6. The second kappa shape index (κ2) is 6.24. The quantitative estimate of drug-likeness (QED) is 0.857. The molecule has 0 radical (unpaired) electrons. The largest absolute Gasteiger partial charge is 0.497 e. The van der Waals surface area contributed by atoms with Gasteiger partial charge in [-0.3, -0.25) is 4.90 Å². The first-order valence-corrected chi connectivity index (χ1v) is 7.05. The van der Waals surface area contributed by atoms with Gasteiger partial charge in [0.1, 0.15) is 5.75 Å². The lowest BCUT2D eigenvalue weighted by Crippen LogP contribution is -2.42. The predicted octanol–water partition coefficient (Wildman–Crippen LogP) is 1.97. The Morgan fingerprint density at radius 1 is 1.43 bits per heavy atom. The standard InChI is InChI=1S/C15H19N3O3/c1-11-10-20-7-6-18(11)9-14-16-15(17-21-14)12-4-3-5-13(8-12)19-2/h3-5,8,11H,6-7,9-10H2,1-2H3. The van der Waals surface area contributed by atoms with Crippen LogP contribution in [0.2, 0.25) is 0 Å². The Kier molecular flexibility index (Phi) is 4.17. The minimum atomic E-state index is 0.367. The molecule has 6 nitrogen and oxygen atoms in total. The summed E-state index contributed by atoms with van der Waals surface area (Å²) in [5.41, 5.74) is 0.888. The molecule has 1 saturated heterocycles. The van der Waals surface area contributed by atoms with Gasteiger partial charge in [0.15, 0.2) is 0 Å². The Labute approximate surface area is 123 Å². The Balaban J connectivity index is 1.73. The second-order valence-corrected chi connectivity index (χ2v) is 5.14. The van der Waals surface area contributed by atoms with Gasteiger partial charge in [-0.25, -0.2) is 0 Å². The minimum absolute atomic E-state index is 0.367. The van der Waals surface area contributed by atoms with Crippen molar-refractivity contribution in [2.24, 2.45) is 0 Å². The number of hydrogen-bond donors (Lipinski definition) is 0. The van der Waals surface area contributed by atoms with Gasteiger partial charge >= 0.3 is 0 Å². The molecule has 1 aromatic heterocycles. The van der Waals surface area contributed by atoms with Crippen molar-refractivity contribution in [3.05, 3.63) is 30.2 Å². The molecule has 3 rings (SSSR count). The van der Waals surface area contributed by atoms with E-state index in [0.29, 0.717) is 24.3 Å². The number of nitrogens with zero attached hydrogens (tertiary/aromatic N) is 3. The van der Waals surface area contributed by atoms with E-state index in [1.54, 1.807) is 7.11 Å². The van der Waals surface area contributed by atoms with Crippen molar-refractivity contribution < 1.29 is 14.0 Å². The topological polar surface area (TPSA) is 60.6 Å². The van der Waals surface area contributed by atoms with Gasteiger partial charge in [-0.1, -0.05) is 17.3 Å². The van der Waals surface area contributed by atoms with Crippen molar-refractivity contribution >= 4 is 0 Å². The Morgan fingerprint density at radius 3 is 3.14 bits per heavy atom. The van der Waals surface area contributed by atoms with Crippen LogP contribution in [0.1, 0.15) is 12.8 Å². The molecule has 1 unspecified atom stereocenters. The summed E-state index contributed by atoms with van der Waals surface area (Å²) in [5.74, 6) is 1.99. The molecule has 2 heterocycles. The highest BCUT2D eigenvalue weighted by atomic mass is 16.5. The first-order valence-electron chi connectivity index (χ1n) is 7.05. The molecule has 0 bridgehead atoms. The maximum absolute atomic E-state index is 5.43. The van der Waals surface area contributed by atoms with E-state index < -0.39 is 0 Å². The van der Waals surface area contributed by atoms with Gasteiger partial charge in [0.05, 0.1) is 26.9 Å². The molecule has 1 aromatic carbocycles. The van der Waals surface area contributed by atoms with Gasteiger partial charge in [0, 0.05) is 18.2 Å². The number of morpholine rings is 1. The van der Waals surface area contributed by atoms with Crippen molar-refractivity contribution in [3.8, 4) is 17.1 Å². The van der Waals surface area contributed by atoms with Gasteiger partial charge in [-0.15, -0.1) is 0 Å². The first-order chi connectivity index (χ1) is 10.3. The molecule has 1 aliphatic rings. The van der Waals surface area contributed by atoms with Crippen LogP contribution in [0.3, 0.4) is 0 Å². The lowest BCUT2D eigenvalue weighted by molar-refractivity contribution is -0.00852. The summed E-state index contributed by atoms with van der Waals surface area (Å²) in [5, 5.41) is 4.05. The Morgan fingerprint density at radius 2 is 2.33 bits per heavy atom. The van der Waals surface area contributed by atoms with Crippen LogP contribution in [0.4, 0.5) is 0 Å². The lowest BCUT2D eigenvalue weighted by Gasteiger charge is -2.31. The third-order valence-electron chi connectivity index (χ3n) is 3.64. The minimum Gasteiger partial charge on any atom is -0.497 e. The molecule has 112 valence electrons. The zero-order chi connectivity index (χ0) is 14.7. The molecule has 0 aliphatic carbocycles. The highest BCUT2D eigenvalue weighted by Gasteiger charge is 2.21. The molecular weight excluding hydrogens is 270 g/mol. The summed E-state index contributed by atoms with van der Waals surface area (Å²) in [6, 6.07) is 8.00. The van der Waals surface area contributed by atoms with Crippen molar-refractivity contribution in [2.75, 3.05) is 26.9 Å². The van der Waals surface area contributed by atoms with E-state index in [-0.39, 0.29) is 0 Å². The molecule has 21 heavy (non-hydrogen) atoms. The van der Waals surface area contributed by atoms with Crippen LogP contribution >= 0.6 is 0 Å². The molecule has 0 spiro atoms. The van der Waals surface area contributed by atoms with Crippen molar-refractivity contribution in [2.45, 2.75) is 19.5 Å². The van der Waals surface area contributed by atoms with Crippen LogP contribution in [0.15, 0.2) is 28.8 Å². The van der Waals surface area contributed by atoms with E-state index in [2.05, 4.69) is 22.0 Å². The van der Waals surface area contributed by atoms with E-state index in [9.17, 15) is 0 Å². The highest BCUT2D eigenvalue weighted by molar-refractivity contribution is 5.56. The van der Waals surface area contributed by atoms with Crippen LogP contribution in [0, 0.1) is 0 Å². The maximum Gasteiger partial charge on any atom is 0.241 e. The highest BCUT2D eigenvalue weighted by Crippen LogP contribution is 2.21. The summed E-state index contributed by atoms with van der Waals surface area (Å²) in [6.07, 6.45) is 0. The fraction of sp³-hybridized carbons (Fsp3) is 0.467. The third kappa shape index (κ3) is 3.22. The third-order valence-corrected chi connectivity index (χ3v) is 3.64. The fourth-order valence-electron chi connectivity index (χ4n) is 2.37. The van der Waals surface area contributed by atoms with E-state index in [0.717, 1.165) is 31.1 Å². The number of aromatic nitrogens is 2. The average Bonchev–Trinajstić information content (AvgIpc) is 2.98. The van der Waals surface area contributed by atoms with Crippen molar-refractivity contribution in [3.63, 3.8) is 0 Å². The molecule has 2 aromatic rings. The lowest BCUT2D eigenvalue weighted by atomic mass is 10.2. The van der Waals surface area contributed by atoms with Gasteiger partial charge in [-0.2, -0.15) is 4.98 Å². The van der Waals surface area contributed by atoms with Gasteiger partial charge in [0.2, 0.25) is 11.7 Å². The van der Waals surface area contributed by atoms with Gasteiger partial charge in [0.25, 0.3) is 0 Å².